The van der Waals surface area contributed by atoms with E-state index in [1.165, 1.54) is 29.7 Å². The number of fused-ring (bicyclic) bond motifs is 1. The second kappa shape index (κ2) is 8.80. The Balaban J connectivity index is 1.63. The molecule has 32 heavy (non-hydrogen) atoms. The van der Waals surface area contributed by atoms with Gasteiger partial charge < -0.3 is 4.74 Å². The van der Waals surface area contributed by atoms with Gasteiger partial charge in [0.1, 0.15) is 16.3 Å². The van der Waals surface area contributed by atoms with Crippen LogP contribution < -0.4 is 10.2 Å². The molecule has 0 aliphatic carbocycles. The van der Waals surface area contributed by atoms with Crippen LogP contribution in [0.2, 0.25) is 0 Å². The first-order valence-corrected chi connectivity index (χ1v) is 10.3. The van der Waals surface area contributed by atoms with E-state index in [0.717, 1.165) is 21.9 Å². The van der Waals surface area contributed by atoms with Crippen molar-refractivity contribution in [2.45, 2.75) is 13.8 Å². The van der Waals surface area contributed by atoms with Gasteiger partial charge in [-0.2, -0.15) is 20.6 Å². The van der Waals surface area contributed by atoms with Crippen molar-refractivity contribution in [2.24, 2.45) is 5.10 Å². The highest BCUT2D eigenvalue weighted by Gasteiger charge is 2.14. The molecule has 0 unspecified atom stereocenters. The summed E-state index contributed by atoms with van der Waals surface area (Å²) in [6.45, 7) is 3.73. The van der Waals surface area contributed by atoms with Crippen molar-refractivity contribution in [1.29, 1.82) is 10.5 Å². The summed E-state index contributed by atoms with van der Waals surface area (Å²) in [5.74, 6) is 0.592. The quantitative estimate of drug-likeness (QED) is 0.326. The number of hydrogen-bond acceptors (Lipinski definition) is 8. The maximum Gasteiger partial charge on any atom is 0.247 e. The first-order valence-electron chi connectivity index (χ1n) is 9.41. The number of nitrogens with one attached hydrogen (secondary N) is 1. The van der Waals surface area contributed by atoms with E-state index < -0.39 is 5.82 Å². The molecule has 0 bridgehead atoms. The lowest BCUT2D eigenvalue weighted by Gasteiger charge is -2.12. The lowest BCUT2D eigenvalue weighted by molar-refractivity contribution is 0.462. The molecule has 4 rings (SSSR count). The number of halogens is 1. The third-order valence-electron chi connectivity index (χ3n) is 4.56. The summed E-state index contributed by atoms with van der Waals surface area (Å²) in [5.41, 5.74) is 6.01. The fourth-order valence-electron chi connectivity index (χ4n) is 3.09. The van der Waals surface area contributed by atoms with Crippen LogP contribution in [0.4, 0.5) is 10.3 Å². The Morgan fingerprint density at radius 1 is 1.06 bits per heavy atom. The minimum absolute atomic E-state index is 0.181. The van der Waals surface area contributed by atoms with Gasteiger partial charge in [-0.3, -0.25) is 0 Å². The lowest BCUT2D eigenvalue weighted by Crippen LogP contribution is -2.01. The molecule has 1 N–H and O–H groups in total. The molecule has 4 aromatic rings. The number of nitriles is 2. The Labute approximate surface area is 187 Å². The van der Waals surface area contributed by atoms with Gasteiger partial charge in [-0.1, -0.05) is 0 Å². The van der Waals surface area contributed by atoms with Crippen LogP contribution >= 0.6 is 11.3 Å². The molecule has 7 nitrogen and oxygen atoms in total. The summed E-state index contributed by atoms with van der Waals surface area (Å²) in [4.78, 5) is 8.83. The van der Waals surface area contributed by atoms with Crippen molar-refractivity contribution in [1.82, 2.24) is 9.97 Å². The van der Waals surface area contributed by atoms with Crippen LogP contribution in [0.15, 0.2) is 46.9 Å². The van der Waals surface area contributed by atoms with E-state index in [9.17, 15) is 4.39 Å². The molecule has 0 radical (unpaired) electrons. The third-order valence-corrected chi connectivity index (χ3v) is 5.45. The van der Waals surface area contributed by atoms with Gasteiger partial charge in [-0.15, -0.1) is 11.3 Å². The van der Waals surface area contributed by atoms with Gasteiger partial charge in [-0.25, -0.2) is 14.8 Å². The molecular weight excluding hydrogens is 427 g/mol. The number of anilines is 1. The highest BCUT2D eigenvalue weighted by atomic mass is 32.1. The first kappa shape index (κ1) is 20.9. The zero-order valence-corrected chi connectivity index (χ0v) is 17.9. The van der Waals surface area contributed by atoms with E-state index in [-0.39, 0.29) is 17.1 Å². The Kier molecular flexibility index (Phi) is 5.75. The van der Waals surface area contributed by atoms with Crippen molar-refractivity contribution >= 4 is 33.7 Å². The van der Waals surface area contributed by atoms with Gasteiger partial charge in [0.15, 0.2) is 0 Å². The zero-order chi connectivity index (χ0) is 22.7. The number of benzene rings is 2. The topological polar surface area (TPSA) is 107 Å². The van der Waals surface area contributed by atoms with Crippen LogP contribution in [0.1, 0.15) is 27.8 Å². The molecule has 0 atom stereocenters. The number of aromatic nitrogens is 2. The third kappa shape index (κ3) is 4.24. The van der Waals surface area contributed by atoms with Crippen molar-refractivity contribution in [3.05, 3.63) is 75.4 Å². The van der Waals surface area contributed by atoms with E-state index in [2.05, 4.69) is 26.6 Å². The van der Waals surface area contributed by atoms with Gasteiger partial charge in [0.2, 0.25) is 11.8 Å². The minimum Gasteiger partial charge on any atom is -0.437 e. The fourth-order valence-corrected chi connectivity index (χ4v) is 3.84. The second-order valence-corrected chi connectivity index (χ2v) is 7.77. The Hall–Kier alpha value is -4.34. The number of aryl methyl sites for hydroxylation is 2. The first-order chi connectivity index (χ1) is 15.5. The van der Waals surface area contributed by atoms with E-state index in [4.69, 9.17) is 15.3 Å². The zero-order valence-electron chi connectivity index (χ0n) is 17.0. The van der Waals surface area contributed by atoms with Crippen LogP contribution in [-0.2, 0) is 0 Å². The summed E-state index contributed by atoms with van der Waals surface area (Å²) in [6, 6.07) is 13.5. The number of hydrogen-bond donors (Lipinski definition) is 1. The smallest absolute Gasteiger partial charge is 0.247 e. The molecule has 156 valence electrons. The number of nitrogens with zero attached hydrogens (tertiary/aromatic N) is 5. The normalized spacial score (nSPS) is 10.8. The van der Waals surface area contributed by atoms with Crippen LogP contribution in [0.3, 0.4) is 0 Å². The number of hydrazone groups is 1. The highest BCUT2D eigenvalue weighted by Crippen LogP contribution is 2.35. The van der Waals surface area contributed by atoms with Crippen molar-refractivity contribution in [3.63, 3.8) is 0 Å². The van der Waals surface area contributed by atoms with Gasteiger partial charge in [0, 0.05) is 5.56 Å². The Morgan fingerprint density at radius 3 is 2.50 bits per heavy atom. The molecule has 9 heteroatoms. The summed E-state index contributed by atoms with van der Waals surface area (Å²) in [5, 5.41) is 23.9. The number of rotatable bonds is 5. The van der Waals surface area contributed by atoms with Crippen LogP contribution in [0.5, 0.6) is 11.6 Å². The molecule has 0 spiro atoms. The van der Waals surface area contributed by atoms with Gasteiger partial charge in [0.05, 0.1) is 35.0 Å². The highest BCUT2D eigenvalue weighted by molar-refractivity contribution is 7.17. The maximum atomic E-state index is 14.0. The van der Waals surface area contributed by atoms with E-state index in [1.807, 2.05) is 31.4 Å². The van der Waals surface area contributed by atoms with Gasteiger partial charge in [0.25, 0.3) is 0 Å². The van der Waals surface area contributed by atoms with E-state index in [1.54, 1.807) is 12.1 Å². The van der Waals surface area contributed by atoms with E-state index in [0.29, 0.717) is 22.7 Å². The van der Waals surface area contributed by atoms with Crippen LogP contribution in [0, 0.1) is 42.3 Å². The lowest BCUT2D eigenvalue weighted by atomic mass is 10.1. The average molecular weight is 442 g/mol. The minimum atomic E-state index is -0.556. The summed E-state index contributed by atoms with van der Waals surface area (Å²) in [7, 11) is 0. The van der Waals surface area contributed by atoms with Crippen LogP contribution in [0.25, 0.3) is 10.2 Å². The maximum absolute atomic E-state index is 14.0. The molecule has 2 aromatic heterocycles. The summed E-state index contributed by atoms with van der Waals surface area (Å²) < 4.78 is 20.9. The van der Waals surface area contributed by atoms with Crippen molar-refractivity contribution < 1.29 is 9.13 Å². The monoisotopic (exact) mass is 442 g/mol. The largest absolute Gasteiger partial charge is 0.437 e. The van der Waals surface area contributed by atoms with E-state index >= 15 is 0 Å². The van der Waals surface area contributed by atoms with Crippen molar-refractivity contribution in [2.75, 3.05) is 5.43 Å². The molecule has 0 saturated carbocycles. The number of thiophene rings is 1. The predicted octanol–water partition coefficient (Wildman–Crippen LogP) is 5.43. The van der Waals surface area contributed by atoms with Crippen LogP contribution in [-0.4, -0.2) is 16.2 Å². The molecule has 0 aliphatic rings. The van der Waals surface area contributed by atoms with Gasteiger partial charge >= 0.3 is 0 Å². The molecule has 0 saturated heterocycles. The molecule has 2 aromatic carbocycles. The molecular formula is C23H15FN6OS. The Morgan fingerprint density at radius 2 is 1.81 bits per heavy atom. The van der Waals surface area contributed by atoms with Gasteiger partial charge in [-0.05, 0) is 66.8 Å². The van der Waals surface area contributed by atoms with Crippen molar-refractivity contribution in [3.8, 4) is 23.8 Å². The second-order valence-electron chi connectivity index (χ2n) is 6.86. The molecule has 2 heterocycles. The Bertz CT molecular complexity index is 1420. The fraction of sp³-hybridized carbons (Fsp3) is 0.0870. The standard InChI is InChI=1S/C23H15FN6OS/c1-13-7-16(11-26)8-14(2)20(13)31-22-21-19(5-6-32-21)28-23(29-22)30-27-12-17-4-3-15(10-25)9-18(17)24/h3-9,12H,1-2H3,(H,28,29,30)/b27-12+. The summed E-state index contributed by atoms with van der Waals surface area (Å²) >= 11 is 1.44. The molecule has 0 aliphatic heterocycles. The SMILES string of the molecule is Cc1cc(C#N)cc(C)c1Oc1nc(N/N=C/c2ccc(C#N)cc2F)nc2ccsc12. The molecule has 0 amide bonds. The average Bonchev–Trinajstić information content (AvgIpc) is 3.26. The summed E-state index contributed by atoms with van der Waals surface area (Å²) in [6.07, 6.45) is 1.28. The predicted molar refractivity (Wildman–Crippen MR) is 120 cm³/mol. The molecule has 0 fully saturated rings. The number of ether oxygens (including phenoxy) is 1.